The van der Waals surface area contributed by atoms with Gasteiger partial charge in [-0.25, -0.2) is 9.59 Å². The number of nitrogen functional groups attached to an aromatic ring is 2. The lowest BCUT2D eigenvalue weighted by Crippen LogP contribution is -2.44. The summed E-state index contributed by atoms with van der Waals surface area (Å²) in [5.41, 5.74) is 9.16. The molecule has 0 bridgehead atoms. The number of nitro groups is 1. The highest BCUT2D eigenvalue weighted by Gasteiger charge is 2.31. The predicted molar refractivity (Wildman–Crippen MR) is 117 cm³/mol. The van der Waals surface area contributed by atoms with E-state index in [0.717, 1.165) is 18.3 Å². The fourth-order valence-corrected chi connectivity index (χ4v) is 3.58. The lowest BCUT2D eigenvalue weighted by molar-refractivity contribution is -0.384. The van der Waals surface area contributed by atoms with Gasteiger partial charge in [0.2, 0.25) is 0 Å². The molecule has 0 atom stereocenters. The van der Waals surface area contributed by atoms with Gasteiger partial charge in [0.15, 0.2) is 0 Å². The summed E-state index contributed by atoms with van der Waals surface area (Å²) in [5.74, 6) is -1.64. The van der Waals surface area contributed by atoms with Crippen molar-refractivity contribution in [3.05, 3.63) is 92.7 Å². The molecule has 3 rings (SSSR count). The summed E-state index contributed by atoms with van der Waals surface area (Å²) in [5, 5.41) is 11.1. The minimum atomic E-state index is -1.22. The van der Waals surface area contributed by atoms with Crippen LogP contribution in [0.2, 0.25) is 0 Å². The van der Waals surface area contributed by atoms with E-state index in [0.29, 0.717) is 0 Å². The van der Waals surface area contributed by atoms with Crippen LogP contribution >= 0.6 is 0 Å². The third-order valence-corrected chi connectivity index (χ3v) is 5.51. The normalized spacial score (nSPS) is 11.2. The standard InChI is InChI=1S/C19H21N7O6/c1-22-14(20)12(16(27)24(3)18(22)29)11(9-5-7-10(8-6-9)26(31)32)13-15(21)23(2)19(30)25(4)17(13)28/h5-8,11H,20-21H2,1-4H3. The Morgan fingerprint density at radius 3 is 1.47 bits per heavy atom. The fourth-order valence-electron chi connectivity index (χ4n) is 3.58. The number of non-ortho nitro benzene ring substituents is 1. The zero-order valence-corrected chi connectivity index (χ0v) is 17.7. The second-order valence-electron chi connectivity index (χ2n) is 7.29. The molecule has 0 aliphatic rings. The van der Waals surface area contributed by atoms with Gasteiger partial charge in [0, 0.05) is 40.3 Å². The van der Waals surface area contributed by atoms with Gasteiger partial charge in [0.05, 0.1) is 22.0 Å². The lowest BCUT2D eigenvalue weighted by Gasteiger charge is -2.23. The van der Waals surface area contributed by atoms with Crippen LogP contribution < -0.4 is 34.0 Å². The molecule has 0 aliphatic carbocycles. The van der Waals surface area contributed by atoms with Crippen molar-refractivity contribution in [2.24, 2.45) is 28.2 Å². The van der Waals surface area contributed by atoms with Gasteiger partial charge < -0.3 is 11.5 Å². The average molecular weight is 443 g/mol. The van der Waals surface area contributed by atoms with E-state index >= 15 is 0 Å². The highest BCUT2D eigenvalue weighted by Crippen LogP contribution is 2.34. The Labute approximate surface area is 179 Å². The van der Waals surface area contributed by atoms with E-state index in [4.69, 9.17) is 11.5 Å². The SMILES string of the molecule is Cn1c(N)c(C(c2ccc([N+](=O)[O-])cc2)c2c(N)n(C)c(=O)n(C)c2=O)c(=O)n(C)c1=O. The van der Waals surface area contributed by atoms with Gasteiger partial charge in [-0.15, -0.1) is 0 Å². The van der Waals surface area contributed by atoms with Crippen molar-refractivity contribution >= 4 is 17.3 Å². The fraction of sp³-hybridized carbons (Fsp3) is 0.263. The molecule has 1 aromatic carbocycles. The molecule has 0 aliphatic heterocycles. The van der Waals surface area contributed by atoms with Crippen LogP contribution in [0.25, 0.3) is 0 Å². The molecule has 0 unspecified atom stereocenters. The maximum absolute atomic E-state index is 13.1. The summed E-state index contributed by atoms with van der Waals surface area (Å²) in [6.45, 7) is 0. The first kappa shape index (κ1) is 22.3. The molecule has 0 amide bonds. The highest BCUT2D eigenvalue weighted by atomic mass is 16.6. The minimum absolute atomic E-state index is 0.133. The van der Waals surface area contributed by atoms with Crippen LogP contribution in [0.1, 0.15) is 22.6 Å². The Morgan fingerprint density at radius 2 is 1.12 bits per heavy atom. The van der Waals surface area contributed by atoms with Gasteiger partial charge >= 0.3 is 11.4 Å². The maximum atomic E-state index is 13.1. The number of nitro benzene ring substituents is 1. The molecule has 0 saturated heterocycles. The quantitative estimate of drug-likeness (QED) is 0.369. The number of aromatic nitrogens is 4. The monoisotopic (exact) mass is 443 g/mol. The van der Waals surface area contributed by atoms with Crippen molar-refractivity contribution < 1.29 is 4.92 Å². The summed E-state index contributed by atoms with van der Waals surface area (Å²) in [6, 6.07) is 5.12. The zero-order chi connectivity index (χ0) is 24.1. The Balaban J connectivity index is 2.54. The number of nitrogens with zero attached hydrogens (tertiary/aromatic N) is 5. The first-order valence-electron chi connectivity index (χ1n) is 9.25. The van der Waals surface area contributed by atoms with Crippen molar-refractivity contribution in [3.8, 4) is 0 Å². The number of nitrogens with two attached hydrogens (primary N) is 2. The molecule has 0 saturated carbocycles. The van der Waals surface area contributed by atoms with Crippen molar-refractivity contribution in [3.63, 3.8) is 0 Å². The number of rotatable bonds is 4. The van der Waals surface area contributed by atoms with Gasteiger partial charge in [0.25, 0.3) is 16.8 Å². The molecule has 0 spiro atoms. The Hall–Kier alpha value is -4.42. The van der Waals surface area contributed by atoms with Gasteiger partial charge in [-0.05, 0) is 5.56 Å². The molecule has 13 heteroatoms. The summed E-state index contributed by atoms with van der Waals surface area (Å²) < 4.78 is 3.73. The summed E-state index contributed by atoms with van der Waals surface area (Å²) >= 11 is 0. The van der Waals surface area contributed by atoms with E-state index in [-0.39, 0.29) is 34.0 Å². The molecule has 2 aromatic heterocycles. The molecular weight excluding hydrogens is 422 g/mol. The van der Waals surface area contributed by atoms with Crippen LogP contribution in [0.3, 0.4) is 0 Å². The van der Waals surface area contributed by atoms with Crippen LogP contribution in [0, 0.1) is 10.1 Å². The molecule has 0 radical (unpaired) electrons. The van der Waals surface area contributed by atoms with E-state index in [1.165, 1.54) is 52.5 Å². The lowest BCUT2D eigenvalue weighted by atomic mass is 9.86. The second kappa shape index (κ2) is 7.68. The third kappa shape index (κ3) is 3.19. The third-order valence-electron chi connectivity index (χ3n) is 5.51. The molecule has 2 heterocycles. The predicted octanol–water partition coefficient (Wildman–Crippen LogP) is -1.27. The van der Waals surface area contributed by atoms with Crippen molar-refractivity contribution in [1.29, 1.82) is 0 Å². The summed E-state index contributed by atoms with van der Waals surface area (Å²) in [7, 11) is 5.22. The molecule has 4 N–H and O–H groups in total. The molecular formula is C19H21N7O6. The minimum Gasteiger partial charge on any atom is -0.385 e. The van der Waals surface area contributed by atoms with Gasteiger partial charge in [-0.1, -0.05) is 12.1 Å². The first-order valence-corrected chi connectivity index (χ1v) is 9.25. The van der Waals surface area contributed by atoms with Gasteiger partial charge in [-0.2, -0.15) is 0 Å². The van der Waals surface area contributed by atoms with Crippen LogP contribution in [0.15, 0.2) is 43.4 Å². The van der Waals surface area contributed by atoms with E-state index in [2.05, 4.69) is 0 Å². The molecule has 168 valence electrons. The number of hydrogen-bond donors (Lipinski definition) is 2. The number of hydrogen-bond acceptors (Lipinski definition) is 8. The molecule has 0 fully saturated rings. The van der Waals surface area contributed by atoms with Gasteiger partial charge in [-0.3, -0.25) is 38.0 Å². The molecule has 3 aromatic rings. The topological polar surface area (TPSA) is 183 Å². The van der Waals surface area contributed by atoms with Crippen molar-refractivity contribution in [2.45, 2.75) is 5.92 Å². The maximum Gasteiger partial charge on any atom is 0.332 e. The van der Waals surface area contributed by atoms with Crippen molar-refractivity contribution in [1.82, 2.24) is 18.3 Å². The number of anilines is 2. The largest absolute Gasteiger partial charge is 0.385 e. The van der Waals surface area contributed by atoms with Crippen LogP contribution in [-0.2, 0) is 28.2 Å². The van der Waals surface area contributed by atoms with E-state index < -0.39 is 33.3 Å². The second-order valence-corrected chi connectivity index (χ2v) is 7.29. The number of benzene rings is 1. The van der Waals surface area contributed by atoms with Crippen LogP contribution in [0.4, 0.5) is 17.3 Å². The van der Waals surface area contributed by atoms with Crippen LogP contribution in [0.5, 0.6) is 0 Å². The first-order chi connectivity index (χ1) is 14.9. The Morgan fingerprint density at radius 1 is 0.750 bits per heavy atom. The van der Waals surface area contributed by atoms with Crippen LogP contribution in [-0.4, -0.2) is 23.2 Å². The van der Waals surface area contributed by atoms with E-state index in [9.17, 15) is 29.3 Å². The Bertz CT molecular complexity index is 1410. The van der Waals surface area contributed by atoms with Crippen molar-refractivity contribution in [2.75, 3.05) is 11.5 Å². The summed E-state index contributed by atoms with van der Waals surface area (Å²) in [4.78, 5) is 61.3. The van der Waals surface area contributed by atoms with E-state index in [1.54, 1.807) is 0 Å². The van der Waals surface area contributed by atoms with Gasteiger partial charge in [0.1, 0.15) is 11.6 Å². The average Bonchev–Trinajstić information content (AvgIpc) is 2.78. The van der Waals surface area contributed by atoms with E-state index in [1.807, 2.05) is 0 Å². The zero-order valence-electron chi connectivity index (χ0n) is 17.7. The Kier molecular flexibility index (Phi) is 5.35. The molecule has 13 nitrogen and oxygen atoms in total. The highest BCUT2D eigenvalue weighted by molar-refractivity contribution is 5.57. The summed E-state index contributed by atoms with van der Waals surface area (Å²) in [6.07, 6.45) is 0. The smallest absolute Gasteiger partial charge is 0.332 e. The molecule has 32 heavy (non-hydrogen) atoms.